The first-order valence-electron chi connectivity index (χ1n) is 8.45. The van der Waals surface area contributed by atoms with E-state index in [0.29, 0.717) is 6.10 Å². The van der Waals surface area contributed by atoms with Crippen LogP contribution >= 0.6 is 0 Å². The predicted octanol–water partition coefficient (Wildman–Crippen LogP) is 2.70. The Morgan fingerprint density at radius 3 is 2.57 bits per heavy atom. The van der Waals surface area contributed by atoms with E-state index in [2.05, 4.69) is 41.5 Å². The van der Waals surface area contributed by atoms with E-state index in [1.54, 1.807) is 0 Å². The molecule has 0 atom stereocenters. The van der Waals surface area contributed by atoms with Gasteiger partial charge in [-0.1, -0.05) is 18.2 Å². The number of benzene rings is 1. The van der Waals surface area contributed by atoms with Crippen LogP contribution in [0.5, 0.6) is 5.75 Å². The van der Waals surface area contributed by atoms with Crippen LogP contribution in [0.4, 0.5) is 0 Å². The zero-order chi connectivity index (χ0) is 14.5. The highest BCUT2D eigenvalue weighted by Gasteiger charge is 2.20. The molecule has 0 saturated carbocycles. The Morgan fingerprint density at radius 1 is 1.10 bits per heavy atom. The molecule has 2 aliphatic heterocycles. The van der Waals surface area contributed by atoms with E-state index in [-0.39, 0.29) is 0 Å². The minimum Gasteiger partial charge on any atom is -0.490 e. The molecule has 2 saturated heterocycles. The van der Waals surface area contributed by atoms with Crippen molar-refractivity contribution in [3.8, 4) is 5.75 Å². The molecular weight excluding hydrogens is 260 g/mol. The third kappa shape index (κ3) is 4.21. The zero-order valence-electron chi connectivity index (χ0n) is 13.2. The summed E-state index contributed by atoms with van der Waals surface area (Å²) in [5.74, 6) is 1.94. The Bertz CT molecular complexity index is 435. The molecule has 0 aromatic heterocycles. The fraction of sp³-hybridized carbons (Fsp3) is 0.667. The Labute approximate surface area is 128 Å². The smallest absolute Gasteiger partial charge is 0.122 e. The SMILES string of the molecule is CN1CCC(Oc2ccccc2CC2CCNCC2)CC1. The van der Waals surface area contributed by atoms with Gasteiger partial charge in [-0.15, -0.1) is 0 Å². The first-order valence-corrected chi connectivity index (χ1v) is 8.45. The van der Waals surface area contributed by atoms with Gasteiger partial charge in [0.2, 0.25) is 0 Å². The topological polar surface area (TPSA) is 24.5 Å². The van der Waals surface area contributed by atoms with Crippen LogP contribution in [0.15, 0.2) is 24.3 Å². The highest BCUT2D eigenvalue weighted by Crippen LogP contribution is 2.27. The van der Waals surface area contributed by atoms with Crippen LogP contribution in [-0.4, -0.2) is 44.2 Å². The molecule has 0 radical (unpaired) electrons. The molecule has 0 bridgehead atoms. The first-order chi connectivity index (χ1) is 10.3. The summed E-state index contributed by atoms with van der Waals surface area (Å²) in [7, 11) is 2.20. The van der Waals surface area contributed by atoms with E-state index in [1.165, 1.54) is 37.9 Å². The maximum atomic E-state index is 6.33. The highest BCUT2D eigenvalue weighted by molar-refractivity contribution is 5.34. The number of likely N-dealkylation sites (tertiary alicyclic amines) is 1. The van der Waals surface area contributed by atoms with Gasteiger partial charge in [-0.25, -0.2) is 0 Å². The van der Waals surface area contributed by atoms with Crippen molar-refractivity contribution in [1.82, 2.24) is 10.2 Å². The number of hydrogen-bond donors (Lipinski definition) is 1. The molecule has 0 amide bonds. The third-order valence-electron chi connectivity index (χ3n) is 4.90. The maximum Gasteiger partial charge on any atom is 0.122 e. The second-order valence-electron chi connectivity index (χ2n) is 6.63. The summed E-state index contributed by atoms with van der Waals surface area (Å²) >= 11 is 0. The predicted molar refractivity (Wildman–Crippen MR) is 86.9 cm³/mol. The van der Waals surface area contributed by atoms with Gasteiger partial charge in [0.1, 0.15) is 11.9 Å². The normalized spacial score (nSPS) is 22.3. The molecule has 21 heavy (non-hydrogen) atoms. The van der Waals surface area contributed by atoms with E-state index in [0.717, 1.165) is 37.6 Å². The van der Waals surface area contributed by atoms with Crippen LogP contribution < -0.4 is 10.1 Å². The van der Waals surface area contributed by atoms with Gasteiger partial charge in [0.05, 0.1) is 0 Å². The van der Waals surface area contributed by atoms with Gasteiger partial charge < -0.3 is 15.0 Å². The summed E-state index contributed by atoms with van der Waals surface area (Å²) in [6.07, 6.45) is 6.46. The number of hydrogen-bond acceptors (Lipinski definition) is 3. The number of nitrogens with zero attached hydrogens (tertiary/aromatic N) is 1. The molecule has 2 heterocycles. The summed E-state index contributed by atoms with van der Waals surface area (Å²) in [5, 5.41) is 3.45. The average molecular weight is 288 g/mol. The minimum absolute atomic E-state index is 0.398. The molecule has 0 spiro atoms. The van der Waals surface area contributed by atoms with Crippen LogP contribution in [0.2, 0.25) is 0 Å². The minimum atomic E-state index is 0.398. The number of piperidine rings is 2. The summed E-state index contributed by atoms with van der Waals surface area (Å²) in [5.41, 5.74) is 1.41. The largest absolute Gasteiger partial charge is 0.490 e. The highest BCUT2D eigenvalue weighted by atomic mass is 16.5. The second kappa shape index (κ2) is 7.28. The molecule has 2 fully saturated rings. The average Bonchev–Trinajstić information content (AvgIpc) is 2.52. The Balaban J connectivity index is 1.61. The Hall–Kier alpha value is -1.06. The van der Waals surface area contributed by atoms with E-state index in [9.17, 15) is 0 Å². The van der Waals surface area contributed by atoms with Gasteiger partial charge in [0.15, 0.2) is 0 Å². The van der Waals surface area contributed by atoms with Gasteiger partial charge in [0.25, 0.3) is 0 Å². The lowest BCUT2D eigenvalue weighted by Gasteiger charge is -2.30. The summed E-state index contributed by atoms with van der Waals surface area (Å²) in [6.45, 7) is 4.65. The Kier molecular flexibility index (Phi) is 5.15. The number of para-hydroxylation sites is 1. The van der Waals surface area contributed by atoms with Crippen LogP contribution in [0.25, 0.3) is 0 Å². The molecule has 3 rings (SSSR count). The van der Waals surface area contributed by atoms with Crippen molar-refractivity contribution in [2.75, 3.05) is 33.2 Å². The molecule has 2 aliphatic rings. The van der Waals surface area contributed by atoms with Gasteiger partial charge in [0, 0.05) is 13.1 Å². The van der Waals surface area contributed by atoms with Gasteiger partial charge in [-0.3, -0.25) is 0 Å². The quantitative estimate of drug-likeness (QED) is 0.922. The van der Waals surface area contributed by atoms with Crippen molar-refractivity contribution in [2.24, 2.45) is 5.92 Å². The van der Waals surface area contributed by atoms with Crippen LogP contribution in [0, 0.1) is 5.92 Å². The van der Waals surface area contributed by atoms with Crippen molar-refractivity contribution >= 4 is 0 Å². The number of rotatable bonds is 4. The van der Waals surface area contributed by atoms with Crippen molar-refractivity contribution in [3.05, 3.63) is 29.8 Å². The van der Waals surface area contributed by atoms with E-state index >= 15 is 0 Å². The van der Waals surface area contributed by atoms with Gasteiger partial charge in [-0.2, -0.15) is 0 Å². The lowest BCUT2D eigenvalue weighted by molar-refractivity contribution is 0.113. The van der Waals surface area contributed by atoms with E-state index < -0.39 is 0 Å². The van der Waals surface area contributed by atoms with E-state index in [4.69, 9.17) is 4.74 Å². The molecule has 3 heteroatoms. The second-order valence-corrected chi connectivity index (χ2v) is 6.63. The fourth-order valence-electron chi connectivity index (χ4n) is 3.47. The molecule has 1 N–H and O–H groups in total. The van der Waals surface area contributed by atoms with Gasteiger partial charge in [-0.05, 0) is 69.8 Å². The maximum absolute atomic E-state index is 6.33. The fourth-order valence-corrected chi connectivity index (χ4v) is 3.47. The summed E-state index contributed by atoms with van der Waals surface area (Å²) in [6, 6.07) is 8.68. The van der Waals surface area contributed by atoms with Crippen molar-refractivity contribution < 1.29 is 4.74 Å². The van der Waals surface area contributed by atoms with Crippen LogP contribution in [0.1, 0.15) is 31.2 Å². The zero-order valence-corrected chi connectivity index (χ0v) is 13.2. The lowest BCUT2D eigenvalue weighted by atomic mass is 9.90. The van der Waals surface area contributed by atoms with E-state index in [1.807, 2.05) is 0 Å². The van der Waals surface area contributed by atoms with Crippen molar-refractivity contribution in [2.45, 2.75) is 38.2 Å². The summed E-state index contributed by atoms with van der Waals surface area (Å²) in [4.78, 5) is 2.39. The molecule has 1 aromatic rings. The summed E-state index contributed by atoms with van der Waals surface area (Å²) < 4.78 is 6.33. The number of ether oxygens (including phenoxy) is 1. The van der Waals surface area contributed by atoms with Gasteiger partial charge >= 0.3 is 0 Å². The van der Waals surface area contributed by atoms with Crippen LogP contribution in [0.3, 0.4) is 0 Å². The van der Waals surface area contributed by atoms with Crippen molar-refractivity contribution in [3.63, 3.8) is 0 Å². The first kappa shape index (κ1) is 14.9. The third-order valence-corrected chi connectivity index (χ3v) is 4.90. The number of nitrogens with one attached hydrogen (secondary N) is 1. The molecule has 116 valence electrons. The molecule has 3 nitrogen and oxygen atoms in total. The molecule has 0 aliphatic carbocycles. The van der Waals surface area contributed by atoms with Crippen molar-refractivity contribution in [1.29, 1.82) is 0 Å². The molecular formula is C18H28N2O. The Morgan fingerprint density at radius 2 is 1.81 bits per heavy atom. The monoisotopic (exact) mass is 288 g/mol. The standard InChI is InChI=1S/C18H28N2O/c1-20-12-8-17(9-13-20)21-18-5-3-2-4-16(18)14-15-6-10-19-11-7-15/h2-5,15,17,19H,6-14H2,1H3. The molecule has 0 unspecified atom stereocenters. The van der Waals surface area contributed by atoms with Crippen LogP contribution in [-0.2, 0) is 6.42 Å². The molecule has 1 aromatic carbocycles. The lowest BCUT2D eigenvalue weighted by Crippen LogP contribution is -2.35.